The molecule has 0 aliphatic carbocycles. The molecule has 0 spiro atoms. The second-order valence-corrected chi connectivity index (χ2v) is 4.32. The van der Waals surface area contributed by atoms with Gasteiger partial charge >= 0.3 is 0 Å². The number of quaternary nitrogens is 1. The Kier molecular flexibility index (Phi) is 4.01. The maximum atomic E-state index is 5.81. The fourth-order valence-electron chi connectivity index (χ4n) is 2.00. The molecule has 1 saturated heterocycles. The molecule has 1 aromatic carbocycles. The number of hydrogen-bond donors (Lipinski definition) is 1. The zero-order valence-corrected chi connectivity index (χ0v) is 9.54. The highest BCUT2D eigenvalue weighted by Gasteiger charge is 2.22. The average molecular weight is 227 g/mol. The molecule has 3 heteroatoms. The average Bonchev–Trinajstić information content (AvgIpc) is 2.31. The van der Waals surface area contributed by atoms with Gasteiger partial charge in [-0.1, -0.05) is 30.3 Å². The third-order valence-corrected chi connectivity index (χ3v) is 3.14. The number of nitrogens with one attached hydrogen (secondary N) is 1. The van der Waals surface area contributed by atoms with E-state index >= 15 is 0 Å². The molecule has 2 nitrogen and oxygen atoms in total. The van der Waals surface area contributed by atoms with E-state index in [-0.39, 0.29) is 6.10 Å². The van der Waals surface area contributed by atoms with Crippen LogP contribution in [0.1, 0.15) is 5.56 Å². The highest BCUT2D eigenvalue weighted by atomic mass is 35.5. The van der Waals surface area contributed by atoms with Gasteiger partial charge in [0.25, 0.3) is 0 Å². The molecule has 2 atom stereocenters. The van der Waals surface area contributed by atoms with Crippen LogP contribution in [0, 0.1) is 0 Å². The molecular weight excluding hydrogens is 210 g/mol. The molecule has 0 bridgehead atoms. The van der Waals surface area contributed by atoms with Crippen molar-refractivity contribution in [3.63, 3.8) is 0 Å². The number of hydrogen-bond acceptors (Lipinski definition) is 1. The summed E-state index contributed by atoms with van der Waals surface area (Å²) in [7, 11) is 0. The Morgan fingerprint density at radius 2 is 2.13 bits per heavy atom. The van der Waals surface area contributed by atoms with Gasteiger partial charge in [-0.2, -0.15) is 0 Å². The van der Waals surface area contributed by atoms with Crippen LogP contribution < -0.4 is 4.90 Å². The van der Waals surface area contributed by atoms with E-state index in [9.17, 15) is 0 Å². The van der Waals surface area contributed by atoms with Crippen molar-refractivity contribution in [3.8, 4) is 0 Å². The number of morpholine rings is 1. The standard InChI is InChI=1S/C12H16ClNO/c13-8-12-10-14(6-7-15-12)9-11-4-2-1-3-5-11/h1-5,12H,6-10H2/p+1/t12-/m1/s1. The fourth-order valence-corrected chi connectivity index (χ4v) is 2.20. The largest absolute Gasteiger partial charge is 0.365 e. The SMILES string of the molecule is ClC[C@@H]1C[NH+](Cc2ccccc2)CCO1. The van der Waals surface area contributed by atoms with Crippen LogP contribution in [0.25, 0.3) is 0 Å². The van der Waals surface area contributed by atoms with Gasteiger partial charge < -0.3 is 9.64 Å². The number of alkyl halides is 1. The molecule has 15 heavy (non-hydrogen) atoms. The Balaban J connectivity index is 1.89. The van der Waals surface area contributed by atoms with E-state index in [2.05, 4.69) is 30.3 Å². The first kappa shape index (κ1) is 10.9. The fraction of sp³-hybridized carbons (Fsp3) is 0.500. The number of ether oxygens (including phenoxy) is 1. The third-order valence-electron chi connectivity index (χ3n) is 2.79. The molecule has 1 fully saturated rings. The van der Waals surface area contributed by atoms with E-state index in [1.807, 2.05) is 0 Å². The molecule has 1 aliphatic rings. The van der Waals surface area contributed by atoms with Crippen LogP contribution in [-0.4, -0.2) is 31.7 Å². The van der Waals surface area contributed by atoms with Gasteiger partial charge in [-0.25, -0.2) is 0 Å². The van der Waals surface area contributed by atoms with Gasteiger partial charge in [-0.05, 0) is 0 Å². The van der Waals surface area contributed by atoms with Crippen LogP contribution in [-0.2, 0) is 11.3 Å². The molecule has 1 heterocycles. The van der Waals surface area contributed by atoms with E-state index in [4.69, 9.17) is 16.3 Å². The second-order valence-electron chi connectivity index (χ2n) is 4.01. The zero-order chi connectivity index (χ0) is 10.5. The quantitative estimate of drug-likeness (QED) is 0.750. The molecule has 82 valence electrons. The predicted molar refractivity (Wildman–Crippen MR) is 61.3 cm³/mol. The number of benzene rings is 1. The van der Waals surface area contributed by atoms with Gasteiger partial charge in [0.2, 0.25) is 0 Å². The number of halogens is 1. The van der Waals surface area contributed by atoms with Crippen molar-refractivity contribution in [2.45, 2.75) is 12.6 Å². The van der Waals surface area contributed by atoms with Crippen LogP contribution >= 0.6 is 11.6 Å². The normalized spacial score (nSPS) is 26.5. The van der Waals surface area contributed by atoms with Crippen LogP contribution in [0.15, 0.2) is 30.3 Å². The second kappa shape index (κ2) is 5.50. The Hall–Kier alpha value is -0.570. The summed E-state index contributed by atoms with van der Waals surface area (Å²) in [5.74, 6) is 0.609. The van der Waals surface area contributed by atoms with Crippen molar-refractivity contribution in [1.82, 2.24) is 0 Å². The Labute approximate surface area is 95.8 Å². The van der Waals surface area contributed by atoms with Gasteiger partial charge in [0.1, 0.15) is 25.7 Å². The van der Waals surface area contributed by atoms with E-state index in [0.717, 1.165) is 26.2 Å². The number of rotatable bonds is 3. The lowest BCUT2D eigenvalue weighted by molar-refractivity contribution is -0.924. The van der Waals surface area contributed by atoms with E-state index < -0.39 is 0 Å². The summed E-state index contributed by atoms with van der Waals surface area (Å²) in [6.45, 7) is 4.03. The molecule has 1 aromatic rings. The Bertz CT molecular complexity index is 291. The first-order chi connectivity index (χ1) is 7.38. The van der Waals surface area contributed by atoms with Gasteiger partial charge in [0, 0.05) is 5.56 Å². The summed E-state index contributed by atoms with van der Waals surface area (Å²) < 4.78 is 5.54. The Morgan fingerprint density at radius 3 is 2.87 bits per heavy atom. The van der Waals surface area contributed by atoms with Crippen molar-refractivity contribution >= 4 is 11.6 Å². The highest BCUT2D eigenvalue weighted by Crippen LogP contribution is 1.98. The molecule has 0 aromatic heterocycles. The molecule has 0 amide bonds. The molecule has 1 unspecified atom stereocenters. The van der Waals surface area contributed by atoms with Crippen LogP contribution in [0.4, 0.5) is 0 Å². The van der Waals surface area contributed by atoms with E-state index in [0.29, 0.717) is 5.88 Å². The van der Waals surface area contributed by atoms with Crippen molar-refractivity contribution < 1.29 is 9.64 Å². The predicted octanol–water partition coefficient (Wildman–Crippen LogP) is 0.709. The minimum atomic E-state index is 0.235. The van der Waals surface area contributed by atoms with Gasteiger partial charge in [0.05, 0.1) is 12.5 Å². The van der Waals surface area contributed by atoms with E-state index in [1.165, 1.54) is 5.56 Å². The lowest BCUT2D eigenvalue weighted by Crippen LogP contribution is -3.13. The van der Waals surface area contributed by atoms with Gasteiger partial charge in [-0.3, -0.25) is 0 Å². The monoisotopic (exact) mass is 226 g/mol. The molecule has 1 N–H and O–H groups in total. The topological polar surface area (TPSA) is 13.7 Å². The summed E-state index contributed by atoms with van der Waals surface area (Å²) in [5.41, 5.74) is 1.39. The van der Waals surface area contributed by atoms with Crippen molar-refractivity contribution in [2.75, 3.05) is 25.6 Å². The Morgan fingerprint density at radius 1 is 1.33 bits per heavy atom. The summed E-state index contributed by atoms with van der Waals surface area (Å²) in [6.07, 6.45) is 0.235. The van der Waals surface area contributed by atoms with Crippen molar-refractivity contribution in [3.05, 3.63) is 35.9 Å². The lowest BCUT2D eigenvalue weighted by atomic mass is 10.2. The van der Waals surface area contributed by atoms with Crippen LogP contribution in [0.5, 0.6) is 0 Å². The molecule has 1 aliphatic heterocycles. The third kappa shape index (κ3) is 3.20. The maximum Gasteiger partial charge on any atom is 0.120 e. The summed E-state index contributed by atoms with van der Waals surface area (Å²) in [6, 6.07) is 10.6. The smallest absolute Gasteiger partial charge is 0.120 e. The lowest BCUT2D eigenvalue weighted by Gasteiger charge is -2.29. The summed E-state index contributed by atoms with van der Waals surface area (Å²) in [4.78, 5) is 1.57. The molecule has 0 saturated carbocycles. The van der Waals surface area contributed by atoms with Crippen molar-refractivity contribution in [1.29, 1.82) is 0 Å². The molecule has 2 rings (SSSR count). The highest BCUT2D eigenvalue weighted by molar-refractivity contribution is 6.18. The molecular formula is C12H17ClNO+. The van der Waals surface area contributed by atoms with Crippen LogP contribution in [0.2, 0.25) is 0 Å². The zero-order valence-electron chi connectivity index (χ0n) is 8.79. The maximum absolute atomic E-state index is 5.81. The first-order valence-corrected chi connectivity index (χ1v) is 5.97. The minimum Gasteiger partial charge on any atom is -0.365 e. The summed E-state index contributed by atoms with van der Waals surface area (Å²) >= 11 is 5.81. The first-order valence-electron chi connectivity index (χ1n) is 5.43. The van der Waals surface area contributed by atoms with E-state index in [1.54, 1.807) is 4.90 Å². The summed E-state index contributed by atoms with van der Waals surface area (Å²) in [5, 5.41) is 0. The van der Waals surface area contributed by atoms with Gasteiger partial charge in [-0.15, -0.1) is 11.6 Å². The van der Waals surface area contributed by atoms with Crippen LogP contribution in [0.3, 0.4) is 0 Å². The molecule has 0 radical (unpaired) electrons. The van der Waals surface area contributed by atoms with Crippen molar-refractivity contribution in [2.24, 2.45) is 0 Å². The van der Waals surface area contributed by atoms with Gasteiger partial charge in [0.15, 0.2) is 0 Å². The minimum absolute atomic E-state index is 0.235.